The summed E-state index contributed by atoms with van der Waals surface area (Å²) in [5, 5.41) is 38.4. The van der Waals surface area contributed by atoms with Crippen molar-refractivity contribution in [3.63, 3.8) is 0 Å². The lowest BCUT2D eigenvalue weighted by Gasteiger charge is -2.27. The second kappa shape index (κ2) is 10.2. The van der Waals surface area contributed by atoms with Crippen molar-refractivity contribution in [2.24, 2.45) is 16.8 Å². The molecule has 170 valence electrons. The average molecular weight is 434 g/mol. The van der Waals surface area contributed by atoms with Gasteiger partial charge in [0.15, 0.2) is 6.29 Å². The Morgan fingerprint density at radius 2 is 2.13 bits per heavy atom. The smallest absolute Gasteiger partial charge is 0.308 e. The third-order valence-electron chi connectivity index (χ3n) is 5.06. The van der Waals surface area contributed by atoms with Crippen LogP contribution in [0.15, 0.2) is 17.1 Å². The van der Waals surface area contributed by atoms with E-state index in [-0.39, 0.29) is 24.1 Å². The quantitative estimate of drug-likeness (QED) is 0.198. The third kappa shape index (κ3) is 5.19. The average Bonchev–Trinajstić information content (AvgIpc) is 3.31. The number of aliphatic imine (C=N–C) groups is 1. The maximum atomic E-state index is 11.9. The topological polar surface area (TPSA) is 161 Å². The molecule has 1 saturated heterocycles. The van der Waals surface area contributed by atoms with Gasteiger partial charge in [-0.1, -0.05) is 27.7 Å². The Bertz CT molecular complexity index is 858. The number of aromatic amines is 1. The van der Waals surface area contributed by atoms with Crippen molar-refractivity contribution < 1.29 is 29.2 Å². The molecule has 0 amide bonds. The van der Waals surface area contributed by atoms with Crippen molar-refractivity contribution in [3.8, 4) is 6.07 Å². The van der Waals surface area contributed by atoms with Gasteiger partial charge >= 0.3 is 5.97 Å². The fourth-order valence-electron chi connectivity index (χ4n) is 3.11. The lowest BCUT2D eigenvalue weighted by Crippen LogP contribution is -2.44. The highest BCUT2D eigenvalue weighted by molar-refractivity contribution is 6.00. The van der Waals surface area contributed by atoms with E-state index in [1.165, 1.54) is 0 Å². The van der Waals surface area contributed by atoms with Gasteiger partial charge in [-0.3, -0.25) is 10.2 Å². The van der Waals surface area contributed by atoms with Gasteiger partial charge in [-0.05, 0) is 19.1 Å². The SMILES string of the molecule is C/C(=N/C=N)c1ccc([C@]2(C#N)OC(COC(=O)C(C)C)[C@@H](OC(O)C(C)C)C2O)[nH]1. The molecule has 1 aliphatic rings. The molecule has 4 N–H and O–H groups in total. The van der Waals surface area contributed by atoms with Gasteiger partial charge < -0.3 is 29.4 Å². The number of carbonyl (C=O) groups excluding carboxylic acids is 1. The molecule has 1 aromatic rings. The number of esters is 1. The molecule has 2 rings (SSSR count). The van der Waals surface area contributed by atoms with Crippen molar-refractivity contribution in [2.75, 3.05) is 6.61 Å². The number of hydrogen-bond acceptors (Lipinski definition) is 8. The Kier molecular flexibility index (Phi) is 8.08. The predicted octanol–water partition coefficient (Wildman–Crippen LogP) is 1.47. The van der Waals surface area contributed by atoms with Crippen molar-refractivity contribution in [2.45, 2.75) is 64.8 Å². The second-order valence-corrected chi connectivity index (χ2v) is 8.10. The Morgan fingerprint density at radius 1 is 1.45 bits per heavy atom. The first-order valence-corrected chi connectivity index (χ1v) is 10.1. The van der Waals surface area contributed by atoms with Crippen LogP contribution >= 0.6 is 0 Å². The van der Waals surface area contributed by atoms with Gasteiger partial charge in [0.2, 0.25) is 5.60 Å². The molecule has 10 heteroatoms. The number of hydrogen-bond donors (Lipinski definition) is 4. The summed E-state index contributed by atoms with van der Waals surface area (Å²) in [6.45, 7) is 8.27. The molecule has 0 saturated carbocycles. The summed E-state index contributed by atoms with van der Waals surface area (Å²) in [5.41, 5.74) is -0.549. The van der Waals surface area contributed by atoms with Gasteiger partial charge in [0.05, 0.1) is 23.0 Å². The highest BCUT2D eigenvalue weighted by Gasteiger charge is 2.58. The Balaban J connectivity index is 2.39. The highest BCUT2D eigenvalue weighted by Crippen LogP contribution is 2.41. The molecule has 0 aliphatic carbocycles. The van der Waals surface area contributed by atoms with Crippen molar-refractivity contribution in [1.82, 2.24) is 4.98 Å². The molecule has 1 fully saturated rings. The molecule has 0 spiro atoms. The number of nitriles is 1. The summed E-state index contributed by atoms with van der Waals surface area (Å²) >= 11 is 0. The minimum Gasteiger partial charge on any atom is -0.463 e. The van der Waals surface area contributed by atoms with E-state index in [0.717, 1.165) is 6.34 Å². The van der Waals surface area contributed by atoms with E-state index in [9.17, 15) is 20.3 Å². The largest absolute Gasteiger partial charge is 0.463 e. The number of aromatic nitrogens is 1. The van der Waals surface area contributed by atoms with E-state index in [1.807, 2.05) is 6.07 Å². The van der Waals surface area contributed by atoms with Gasteiger partial charge in [-0.25, -0.2) is 4.99 Å². The van der Waals surface area contributed by atoms with E-state index in [1.54, 1.807) is 46.8 Å². The molecular weight excluding hydrogens is 404 g/mol. The number of ether oxygens (including phenoxy) is 3. The lowest BCUT2D eigenvalue weighted by molar-refractivity contribution is -0.191. The monoisotopic (exact) mass is 434 g/mol. The number of rotatable bonds is 9. The van der Waals surface area contributed by atoms with Crippen LogP contribution in [0.1, 0.15) is 46.0 Å². The molecule has 1 aromatic heterocycles. The lowest BCUT2D eigenvalue weighted by atomic mass is 9.92. The molecule has 0 aromatic carbocycles. The summed E-state index contributed by atoms with van der Waals surface area (Å²) < 4.78 is 16.8. The van der Waals surface area contributed by atoms with E-state index < -0.39 is 36.2 Å². The van der Waals surface area contributed by atoms with Gasteiger partial charge in [-0.15, -0.1) is 0 Å². The highest BCUT2D eigenvalue weighted by atomic mass is 16.7. The van der Waals surface area contributed by atoms with Gasteiger partial charge in [0.1, 0.15) is 37.3 Å². The van der Waals surface area contributed by atoms with E-state index >= 15 is 0 Å². The van der Waals surface area contributed by atoms with Gasteiger partial charge in [0, 0.05) is 5.92 Å². The Labute approximate surface area is 181 Å². The van der Waals surface area contributed by atoms with Crippen molar-refractivity contribution in [3.05, 3.63) is 23.5 Å². The molecule has 1 aliphatic heterocycles. The van der Waals surface area contributed by atoms with Crippen LogP contribution in [-0.4, -0.2) is 64.4 Å². The zero-order chi connectivity index (χ0) is 23.3. The van der Waals surface area contributed by atoms with E-state index in [2.05, 4.69) is 9.98 Å². The summed E-state index contributed by atoms with van der Waals surface area (Å²) in [7, 11) is 0. The molecule has 5 atom stereocenters. The summed E-state index contributed by atoms with van der Waals surface area (Å²) in [4.78, 5) is 18.8. The summed E-state index contributed by atoms with van der Waals surface area (Å²) in [6.07, 6.45) is -3.93. The van der Waals surface area contributed by atoms with Crippen molar-refractivity contribution >= 4 is 18.0 Å². The maximum absolute atomic E-state index is 11.9. The summed E-state index contributed by atoms with van der Waals surface area (Å²) in [6, 6.07) is 5.23. The standard InChI is InChI=1S/C21H30N4O6/c1-11(2)19(27)29-8-15-17(30-20(28)12(3)4)18(26)21(9-22,31-15)16-7-6-14(25-16)13(5)24-10-23/h6-7,10-12,15,17-18,20,23,25-26,28H,8H2,1-5H3/b23-10?,24-13-/t15?,17-,18?,20?,21+/m1/s1. The number of aliphatic hydroxyl groups excluding tert-OH is 2. The Morgan fingerprint density at radius 3 is 2.68 bits per heavy atom. The Hall–Kier alpha value is -2.58. The van der Waals surface area contributed by atoms with Crippen LogP contribution in [0, 0.1) is 28.6 Å². The predicted molar refractivity (Wildman–Crippen MR) is 111 cm³/mol. The van der Waals surface area contributed by atoms with Crippen molar-refractivity contribution in [1.29, 1.82) is 10.7 Å². The fourth-order valence-corrected chi connectivity index (χ4v) is 3.11. The molecule has 31 heavy (non-hydrogen) atoms. The van der Waals surface area contributed by atoms with Crippen LogP contribution in [0.4, 0.5) is 0 Å². The minimum absolute atomic E-state index is 0.252. The van der Waals surface area contributed by atoms with E-state index in [4.69, 9.17) is 19.6 Å². The molecule has 10 nitrogen and oxygen atoms in total. The van der Waals surface area contributed by atoms with Crippen LogP contribution in [0.25, 0.3) is 0 Å². The minimum atomic E-state index is -1.85. The first-order chi connectivity index (χ1) is 14.6. The molecule has 0 bridgehead atoms. The number of H-pyrrole nitrogens is 1. The number of nitrogens with zero attached hydrogens (tertiary/aromatic N) is 2. The zero-order valence-corrected chi connectivity index (χ0v) is 18.3. The van der Waals surface area contributed by atoms with Crippen LogP contribution in [-0.2, 0) is 24.6 Å². The van der Waals surface area contributed by atoms with Crippen LogP contribution in [0.5, 0.6) is 0 Å². The molecule has 3 unspecified atom stereocenters. The number of aliphatic hydroxyl groups is 2. The number of nitrogens with one attached hydrogen (secondary N) is 2. The second-order valence-electron chi connectivity index (χ2n) is 8.10. The molecule has 2 heterocycles. The van der Waals surface area contributed by atoms with E-state index in [0.29, 0.717) is 11.4 Å². The van der Waals surface area contributed by atoms with Crippen LogP contribution in [0.2, 0.25) is 0 Å². The van der Waals surface area contributed by atoms with Gasteiger partial charge in [-0.2, -0.15) is 5.26 Å². The fraction of sp³-hybridized carbons (Fsp3) is 0.619. The molecular formula is C21H30N4O6. The first kappa shape index (κ1) is 24.7. The first-order valence-electron chi connectivity index (χ1n) is 10.1. The third-order valence-corrected chi connectivity index (χ3v) is 5.06. The maximum Gasteiger partial charge on any atom is 0.308 e. The van der Waals surface area contributed by atoms with Gasteiger partial charge in [0.25, 0.3) is 0 Å². The van der Waals surface area contributed by atoms with Crippen LogP contribution < -0.4 is 0 Å². The molecule has 0 radical (unpaired) electrons. The number of carbonyl (C=O) groups is 1. The summed E-state index contributed by atoms with van der Waals surface area (Å²) in [5.74, 6) is -1.11. The normalized spacial score (nSPS) is 27.4. The van der Waals surface area contributed by atoms with Crippen LogP contribution in [0.3, 0.4) is 0 Å². The zero-order valence-electron chi connectivity index (χ0n) is 18.3.